The molecule has 0 amide bonds. The Hall–Kier alpha value is -3.61. The molecule has 2 heterocycles. The molecule has 0 radical (unpaired) electrons. The zero-order chi connectivity index (χ0) is 30.1. The van der Waals surface area contributed by atoms with Crippen molar-refractivity contribution in [3.63, 3.8) is 0 Å². The van der Waals surface area contributed by atoms with E-state index >= 15 is 0 Å². The number of hydrogen-bond acceptors (Lipinski definition) is 2. The van der Waals surface area contributed by atoms with Crippen LogP contribution in [0.15, 0.2) is 95.3 Å². The zero-order valence-electron chi connectivity index (χ0n) is 27.0. The third-order valence-corrected chi connectivity index (χ3v) is 16.1. The van der Waals surface area contributed by atoms with E-state index in [1.165, 1.54) is 67.3 Å². The monoisotopic (exact) mass is 584 g/mol. The molecule has 0 saturated heterocycles. The lowest BCUT2D eigenvalue weighted by molar-refractivity contribution is 1.23. The standard InChI is InChI=1S/C38H44N2Si2/c1-25-21-27(3)33(28(4)22-25)39-35(31-17-13-11-14-18-31)37-38(41(39,7)8)36(32-19-15-12-16-20-32)40(42(37,9)10)34-29(5)23-26(2)24-30(34)6/h11-24H,1-10H3. The summed E-state index contributed by atoms with van der Waals surface area (Å²) in [5, 5.41) is 3.23. The maximum Gasteiger partial charge on any atom is 0.189 e. The molecule has 0 aliphatic carbocycles. The molecule has 2 aliphatic rings. The average Bonchev–Trinajstić information content (AvgIpc) is 3.30. The van der Waals surface area contributed by atoms with Gasteiger partial charge in [-0.25, -0.2) is 0 Å². The molecule has 6 rings (SSSR count). The molecule has 0 saturated carbocycles. The van der Waals surface area contributed by atoms with Crippen LogP contribution in [0.25, 0.3) is 11.4 Å². The van der Waals surface area contributed by atoms with E-state index in [0.717, 1.165) is 0 Å². The van der Waals surface area contributed by atoms with Crippen molar-refractivity contribution in [1.29, 1.82) is 0 Å². The molecule has 0 atom stereocenters. The number of anilines is 2. The van der Waals surface area contributed by atoms with Gasteiger partial charge in [0.25, 0.3) is 0 Å². The highest BCUT2D eigenvalue weighted by Gasteiger charge is 2.59. The van der Waals surface area contributed by atoms with E-state index in [1.807, 2.05) is 0 Å². The largest absolute Gasteiger partial charge is 0.364 e. The van der Waals surface area contributed by atoms with E-state index in [1.54, 1.807) is 10.4 Å². The Morgan fingerprint density at radius 1 is 0.429 bits per heavy atom. The summed E-state index contributed by atoms with van der Waals surface area (Å²) in [6, 6.07) is 31.9. The summed E-state index contributed by atoms with van der Waals surface area (Å²) >= 11 is 0. The van der Waals surface area contributed by atoms with Gasteiger partial charge in [-0.15, -0.1) is 0 Å². The predicted octanol–water partition coefficient (Wildman–Crippen LogP) is 10.2. The molecule has 4 heteroatoms. The SMILES string of the molecule is Cc1cc(C)c(N2C(c3ccccc3)=C3C(=C(c4ccccc4)N(c4c(C)cc(C)cc4C)[Si]3(C)C)[Si]2(C)C)c(C)c1. The van der Waals surface area contributed by atoms with Gasteiger partial charge in [-0.1, -0.05) is 96.1 Å². The first-order chi connectivity index (χ1) is 19.9. The Morgan fingerprint density at radius 3 is 1.00 bits per heavy atom. The Balaban J connectivity index is 1.79. The smallest absolute Gasteiger partial charge is 0.189 e. The Bertz CT molecular complexity index is 1600. The van der Waals surface area contributed by atoms with E-state index in [9.17, 15) is 0 Å². The minimum Gasteiger partial charge on any atom is -0.364 e. The highest BCUT2D eigenvalue weighted by atomic mass is 28.3. The van der Waals surface area contributed by atoms with Gasteiger partial charge in [-0.3, -0.25) is 0 Å². The van der Waals surface area contributed by atoms with Crippen LogP contribution in [-0.4, -0.2) is 16.5 Å². The fourth-order valence-corrected chi connectivity index (χ4v) is 17.1. The Morgan fingerprint density at radius 2 is 0.714 bits per heavy atom. The summed E-state index contributed by atoms with van der Waals surface area (Å²) in [6.07, 6.45) is 0. The van der Waals surface area contributed by atoms with Crippen LogP contribution >= 0.6 is 0 Å². The number of benzene rings is 4. The maximum atomic E-state index is 2.83. The fraction of sp³-hybridized carbons (Fsp3) is 0.263. The van der Waals surface area contributed by atoms with Crippen molar-refractivity contribution in [2.45, 2.75) is 67.7 Å². The zero-order valence-corrected chi connectivity index (χ0v) is 29.0. The maximum absolute atomic E-state index is 2.83. The molecule has 0 N–H and O–H groups in total. The molecule has 2 nitrogen and oxygen atoms in total. The van der Waals surface area contributed by atoms with Gasteiger partial charge in [0.1, 0.15) is 0 Å². The number of aryl methyl sites for hydroxylation is 6. The van der Waals surface area contributed by atoms with Crippen molar-refractivity contribution in [1.82, 2.24) is 0 Å². The van der Waals surface area contributed by atoms with Crippen molar-refractivity contribution >= 4 is 39.2 Å². The lowest BCUT2D eigenvalue weighted by atomic mass is 10.0. The van der Waals surface area contributed by atoms with Crippen molar-refractivity contribution in [3.05, 3.63) is 140 Å². The topological polar surface area (TPSA) is 6.48 Å². The summed E-state index contributed by atoms with van der Waals surface area (Å²) in [5.74, 6) is 0. The summed E-state index contributed by atoms with van der Waals surface area (Å²) < 4.78 is 5.67. The van der Waals surface area contributed by atoms with Crippen molar-refractivity contribution in [3.8, 4) is 0 Å². The number of rotatable bonds is 4. The lowest BCUT2D eigenvalue weighted by Crippen LogP contribution is -2.48. The van der Waals surface area contributed by atoms with E-state index in [2.05, 4.69) is 162 Å². The van der Waals surface area contributed by atoms with Crippen molar-refractivity contribution in [2.75, 3.05) is 9.13 Å². The van der Waals surface area contributed by atoms with Crippen LogP contribution in [-0.2, 0) is 0 Å². The molecular weight excluding hydrogens is 541 g/mol. The fourth-order valence-electron chi connectivity index (χ4n) is 8.01. The molecule has 0 bridgehead atoms. The van der Waals surface area contributed by atoms with Gasteiger partial charge >= 0.3 is 0 Å². The molecule has 0 unspecified atom stereocenters. The summed E-state index contributed by atoms with van der Waals surface area (Å²) in [7, 11) is -4.58. The molecule has 0 fully saturated rings. The van der Waals surface area contributed by atoms with Crippen molar-refractivity contribution < 1.29 is 0 Å². The number of hydrogen-bond donors (Lipinski definition) is 0. The molecule has 42 heavy (non-hydrogen) atoms. The van der Waals surface area contributed by atoms with Crippen LogP contribution in [0.2, 0.25) is 26.2 Å². The molecule has 0 spiro atoms. The number of allylic oxidation sites excluding steroid dienone is 2. The molecule has 2 aliphatic heterocycles. The summed E-state index contributed by atoms with van der Waals surface area (Å²) in [5.41, 5.74) is 16.5. The van der Waals surface area contributed by atoms with Crippen LogP contribution < -0.4 is 9.13 Å². The van der Waals surface area contributed by atoms with Crippen LogP contribution in [0.4, 0.5) is 11.4 Å². The number of fused-ring (bicyclic) bond motifs is 1. The normalized spacial score (nSPS) is 17.4. The van der Waals surface area contributed by atoms with Gasteiger partial charge in [0.05, 0.1) is 0 Å². The summed E-state index contributed by atoms with van der Waals surface area (Å²) in [4.78, 5) is 0. The second-order valence-electron chi connectivity index (χ2n) is 13.5. The highest BCUT2D eigenvalue weighted by Crippen LogP contribution is 2.59. The van der Waals surface area contributed by atoms with E-state index in [-0.39, 0.29) is 0 Å². The Kier molecular flexibility index (Phi) is 6.78. The second-order valence-corrected chi connectivity index (χ2v) is 21.6. The minimum absolute atomic E-state index is 1.33. The first-order valence-electron chi connectivity index (χ1n) is 15.2. The van der Waals surface area contributed by atoms with Gasteiger partial charge in [0.15, 0.2) is 16.5 Å². The first-order valence-corrected chi connectivity index (χ1v) is 21.1. The third kappa shape index (κ3) is 4.18. The first kappa shape index (κ1) is 28.5. The molecule has 0 aromatic heterocycles. The molecule has 4 aromatic carbocycles. The van der Waals surface area contributed by atoms with Gasteiger partial charge in [0, 0.05) is 22.8 Å². The molecule has 4 aromatic rings. The highest BCUT2D eigenvalue weighted by molar-refractivity contribution is 7.04. The summed E-state index contributed by atoms with van der Waals surface area (Å²) in [6.45, 7) is 24.0. The Labute approximate surface area is 255 Å². The van der Waals surface area contributed by atoms with Gasteiger partial charge in [-0.2, -0.15) is 0 Å². The predicted molar refractivity (Wildman–Crippen MR) is 188 cm³/mol. The van der Waals surface area contributed by atoms with Crippen molar-refractivity contribution in [2.24, 2.45) is 0 Å². The lowest BCUT2D eigenvalue weighted by Gasteiger charge is -2.42. The van der Waals surface area contributed by atoms with Crippen LogP contribution in [0.3, 0.4) is 0 Å². The number of nitrogens with zero attached hydrogens (tertiary/aromatic N) is 2. The van der Waals surface area contributed by atoms with Gasteiger partial charge in [0.2, 0.25) is 0 Å². The second kappa shape index (κ2) is 10.00. The quantitative estimate of drug-likeness (QED) is 0.220. The average molecular weight is 585 g/mol. The van der Waals surface area contributed by atoms with Gasteiger partial charge in [-0.05, 0) is 112 Å². The molecule has 214 valence electrons. The third-order valence-electron chi connectivity index (χ3n) is 9.32. The van der Waals surface area contributed by atoms with Crippen LogP contribution in [0, 0.1) is 41.5 Å². The van der Waals surface area contributed by atoms with Crippen LogP contribution in [0.5, 0.6) is 0 Å². The van der Waals surface area contributed by atoms with Gasteiger partial charge < -0.3 is 9.13 Å². The van der Waals surface area contributed by atoms with Crippen LogP contribution in [0.1, 0.15) is 44.5 Å². The minimum atomic E-state index is -2.29. The molecular formula is C38H44N2Si2. The van der Waals surface area contributed by atoms with E-state index in [4.69, 9.17) is 0 Å². The van der Waals surface area contributed by atoms with E-state index in [0.29, 0.717) is 0 Å². The van der Waals surface area contributed by atoms with E-state index < -0.39 is 16.5 Å².